The molecule has 2 heterocycles. The van der Waals surface area contributed by atoms with Crippen LogP contribution in [0.4, 0.5) is 6.01 Å². The molecular weight excluding hydrogens is 238 g/mol. The first-order valence-corrected chi connectivity index (χ1v) is 7.61. The average molecular weight is 263 g/mol. The van der Waals surface area contributed by atoms with Gasteiger partial charge in [0.1, 0.15) is 0 Å². The van der Waals surface area contributed by atoms with Crippen molar-refractivity contribution in [2.45, 2.75) is 58.3 Å². The Morgan fingerprint density at radius 2 is 1.74 bits per heavy atom. The zero-order valence-corrected chi connectivity index (χ0v) is 12.4. The third kappa shape index (κ3) is 3.10. The summed E-state index contributed by atoms with van der Waals surface area (Å²) in [5, 5.41) is 4.11. The van der Waals surface area contributed by atoms with Crippen molar-refractivity contribution in [3.63, 3.8) is 0 Å². The van der Waals surface area contributed by atoms with Crippen molar-refractivity contribution < 1.29 is 4.52 Å². The van der Waals surface area contributed by atoms with E-state index >= 15 is 0 Å². The molecule has 0 bridgehead atoms. The fourth-order valence-corrected chi connectivity index (χ4v) is 2.83. The van der Waals surface area contributed by atoms with Crippen LogP contribution in [0.25, 0.3) is 0 Å². The Hall–Kier alpha value is -1.06. The molecule has 2 aliphatic rings. The van der Waals surface area contributed by atoms with Gasteiger partial charge >= 0.3 is 6.01 Å². The van der Waals surface area contributed by atoms with Crippen molar-refractivity contribution in [2.24, 2.45) is 11.8 Å². The summed E-state index contributed by atoms with van der Waals surface area (Å²) >= 11 is 0. The zero-order chi connectivity index (χ0) is 13.5. The highest BCUT2D eigenvalue weighted by atomic mass is 16.5. The van der Waals surface area contributed by atoms with Crippen LogP contribution >= 0.6 is 0 Å². The van der Waals surface area contributed by atoms with Crippen LogP contribution in [0.2, 0.25) is 0 Å². The smallest absolute Gasteiger partial charge is 0.324 e. The standard InChI is InChI=1S/C15H25N3O/c1-15(2,3)13-16-14(19-17-13)18-8-6-12(7-9-18)10-11-4-5-11/h11-12H,4-10H2,1-3H3. The van der Waals surface area contributed by atoms with Crippen LogP contribution in [-0.4, -0.2) is 23.2 Å². The molecule has 19 heavy (non-hydrogen) atoms. The molecular formula is C15H25N3O. The molecule has 106 valence electrons. The number of anilines is 1. The third-order valence-electron chi connectivity index (χ3n) is 4.33. The third-order valence-corrected chi connectivity index (χ3v) is 4.33. The molecule has 1 aromatic rings. The fraction of sp³-hybridized carbons (Fsp3) is 0.867. The van der Waals surface area contributed by atoms with Gasteiger partial charge in [-0.2, -0.15) is 4.98 Å². The molecule has 4 nitrogen and oxygen atoms in total. The number of nitrogens with zero attached hydrogens (tertiary/aromatic N) is 3. The Kier molecular flexibility index (Phi) is 3.27. The van der Waals surface area contributed by atoms with Gasteiger partial charge in [-0.15, -0.1) is 0 Å². The number of rotatable bonds is 3. The summed E-state index contributed by atoms with van der Waals surface area (Å²) in [5.41, 5.74) is -0.0357. The van der Waals surface area contributed by atoms with Gasteiger partial charge in [-0.05, 0) is 31.1 Å². The monoisotopic (exact) mass is 263 g/mol. The molecule has 1 aromatic heterocycles. The molecule has 1 aliphatic carbocycles. The van der Waals surface area contributed by atoms with Crippen LogP contribution in [0.3, 0.4) is 0 Å². The highest BCUT2D eigenvalue weighted by molar-refractivity contribution is 5.26. The summed E-state index contributed by atoms with van der Waals surface area (Å²) in [4.78, 5) is 6.81. The van der Waals surface area contributed by atoms with Gasteiger partial charge in [-0.3, -0.25) is 0 Å². The van der Waals surface area contributed by atoms with E-state index < -0.39 is 0 Å². The average Bonchev–Trinajstić information content (AvgIpc) is 3.02. The Bertz CT molecular complexity index is 423. The number of hydrogen-bond acceptors (Lipinski definition) is 4. The molecule has 0 spiro atoms. The first-order chi connectivity index (χ1) is 9.02. The molecule has 3 rings (SSSR count). The van der Waals surface area contributed by atoms with Gasteiger partial charge in [0.15, 0.2) is 5.82 Å². The summed E-state index contributed by atoms with van der Waals surface area (Å²) in [6.45, 7) is 8.49. The second-order valence-electron chi connectivity index (χ2n) is 7.26. The van der Waals surface area contributed by atoms with Crippen molar-refractivity contribution in [3.8, 4) is 0 Å². The summed E-state index contributed by atoms with van der Waals surface area (Å²) in [5.74, 6) is 2.78. The zero-order valence-electron chi connectivity index (χ0n) is 12.4. The minimum atomic E-state index is -0.0357. The van der Waals surface area contributed by atoms with Gasteiger partial charge in [0.05, 0.1) is 0 Å². The van der Waals surface area contributed by atoms with Gasteiger partial charge in [-0.1, -0.05) is 38.8 Å². The van der Waals surface area contributed by atoms with Crippen LogP contribution in [0.1, 0.15) is 58.7 Å². The maximum atomic E-state index is 5.42. The highest BCUT2D eigenvalue weighted by Gasteiger charge is 2.30. The lowest BCUT2D eigenvalue weighted by atomic mass is 9.92. The Labute approximate surface area is 115 Å². The Morgan fingerprint density at radius 1 is 1.11 bits per heavy atom. The predicted molar refractivity (Wildman–Crippen MR) is 75.3 cm³/mol. The minimum Gasteiger partial charge on any atom is -0.324 e. The van der Waals surface area contributed by atoms with E-state index in [4.69, 9.17) is 4.52 Å². The van der Waals surface area contributed by atoms with Gasteiger partial charge in [-0.25, -0.2) is 0 Å². The summed E-state index contributed by atoms with van der Waals surface area (Å²) in [6.07, 6.45) is 6.95. The van der Waals surface area contributed by atoms with E-state index in [9.17, 15) is 0 Å². The van der Waals surface area contributed by atoms with Gasteiger partial charge in [0.25, 0.3) is 0 Å². The van der Waals surface area contributed by atoms with Crippen LogP contribution in [0.5, 0.6) is 0 Å². The first-order valence-electron chi connectivity index (χ1n) is 7.61. The molecule has 0 radical (unpaired) electrons. The second-order valence-corrected chi connectivity index (χ2v) is 7.26. The second kappa shape index (κ2) is 4.80. The molecule has 1 saturated heterocycles. The van der Waals surface area contributed by atoms with Crippen molar-refractivity contribution in [2.75, 3.05) is 18.0 Å². The Balaban J connectivity index is 1.57. The number of piperidine rings is 1. The minimum absolute atomic E-state index is 0.0357. The van der Waals surface area contributed by atoms with Crippen LogP contribution < -0.4 is 4.90 Å². The molecule has 2 fully saturated rings. The largest absolute Gasteiger partial charge is 0.324 e. The SMILES string of the molecule is CC(C)(C)c1noc(N2CCC(CC3CC3)CC2)n1. The van der Waals surface area contributed by atoms with E-state index in [1.807, 2.05) is 0 Å². The summed E-state index contributed by atoms with van der Waals surface area (Å²) in [6, 6.07) is 0.717. The molecule has 0 unspecified atom stereocenters. The van der Waals surface area contributed by atoms with Crippen molar-refractivity contribution in [3.05, 3.63) is 5.82 Å². The normalized spacial score (nSPS) is 21.9. The maximum Gasteiger partial charge on any atom is 0.324 e. The molecule has 4 heteroatoms. The molecule has 0 amide bonds. The van der Waals surface area contributed by atoms with Crippen LogP contribution in [-0.2, 0) is 5.41 Å². The lowest BCUT2D eigenvalue weighted by molar-refractivity contribution is 0.337. The number of aromatic nitrogens is 2. The highest BCUT2D eigenvalue weighted by Crippen LogP contribution is 2.38. The fourth-order valence-electron chi connectivity index (χ4n) is 2.83. The van der Waals surface area contributed by atoms with Gasteiger partial charge in [0, 0.05) is 18.5 Å². The quantitative estimate of drug-likeness (QED) is 0.838. The number of hydrogen-bond donors (Lipinski definition) is 0. The van der Waals surface area contributed by atoms with Crippen molar-refractivity contribution in [1.82, 2.24) is 10.1 Å². The van der Waals surface area contributed by atoms with Crippen molar-refractivity contribution in [1.29, 1.82) is 0 Å². The maximum absolute atomic E-state index is 5.42. The van der Waals surface area contributed by atoms with Crippen LogP contribution in [0, 0.1) is 11.8 Å². The van der Waals surface area contributed by atoms with E-state index in [0.29, 0.717) is 0 Å². The summed E-state index contributed by atoms with van der Waals surface area (Å²) in [7, 11) is 0. The van der Waals surface area contributed by atoms with Gasteiger partial charge in [0.2, 0.25) is 0 Å². The molecule has 0 N–H and O–H groups in total. The molecule has 0 aromatic carbocycles. The molecule has 0 atom stereocenters. The van der Waals surface area contributed by atoms with E-state index in [0.717, 1.165) is 36.8 Å². The van der Waals surface area contributed by atoms with Crippen LogP contribution in [0.15, 0.2) is 4.52 Å². The molecule has 1 aliphatic heterocycles. The van der Waals surface area contributed by atoms with Crippen molar-refractivity contribution >= 4 is 6.01 Å². The molecule has 1 saturated carbocycles. The first kappa shape index (κ1) is 12.9. The summed E-state index contributed by atoms with van der Waals surface area (Å²) < 4.78 is 5.42. The van der Waals surface area contributed by atoms with E-state index in [1.165, 1.54) is 32.1 Å². The lowest BCUT2D eigenvalue weighted by Crippen LogP contribution is -2.34. The topological polar surface area (TPSA) is 42.2 Å². The van der Waals surface area contributed by atoms with E-state index in [1.54, 1.807) is 0 Å². The Morgan fingerprint density at radius 3 is 2.26 bits per heavy atom. The van der Waals surface area contributed by atoms with E-state index in [2.05, 4.69) is 35.8 Å². The van der Waals surface area contributed by atoms with E-state index in [-0.39, 0.29) is 5.41 Å². The van der Waals surface area contributed by atoms with Gasteiger partial charge < -0.3 is 9.42 Å². The lowest BCUT2D eigenvalue weighted by Gasteiger charge is -2.30. The predicted octanol–water partition coefficient (Wildman–Crippen LogP) is 3.38.